The van der Waals surface area contributed by atoms with E-state index in [-0.39, 0.29) is 47.6 Å². The van der Waals surface area contributed by atoms with E-state index in [1.54, 1.807) is 24.3 Å². The summed E-state index contributed by atoms with van der Waals surface area (Å²) < 4.78 is 5.43. The molecule has 2 heterocycles. The Hall–Kier alpha value is -2.37. The first-order valence-corrected chi connectivity index (χ1v) is 10.4. The summed E-state index contributed by atoms with van der Waals surface area (Å²) in [5.74, 6) is 0.199. The van der Waals surface area contributed by atoms with Gasteiger partial charge in [0, 0.05) is 30.3 Å². The third-order valence-corrected chi connectivity index (χ3v) is 7.23. The minimum absolute atomic E-state index is 0.0186. The Labute approximate surface area is 164 Å². The van der Waals surface area contributed by atoms with Crippen molar-refractivity contribution >= 4 is 23.5 Å². The molecule has 4 aliphatic rings. The van der Waals surface area contributed by atoms with Gasteiger partial charge >= 0.3 is 5.97 Å². The van der Waals surface area contributed by atoms with Crippen LogP contribution in [0.5, 0.6) is 0 Å². The highest BCUT2D eigenvalue weighted by Gasteiger charge is 2.63. The number of hydrogen-bond acceptors (Lipinski definition) is 4. The summed E-state index contributed by atoms with van der Waals surface area (Å²) in [5, 5.41) is 2.96. The second-order valence-electron chi connectivity index (χ2n) is 8.97. The van der Waals surface area contributed by atoms with Crippen molar-refractivity contribution in [2.24, 2.45) is 29.6 Å². The minimum Gasteiger partial charge on any atom is -0.462 e. The third kappa shape index (κ3) is 2.81. The SMILES string of the molecule is CC1CCN(C(=O)c2cccc(NC(=O)[C@@H]3[C@@H]4C[C@@H]5[C@@H]3C(=O)O[C@H]5C4)c2)CC1. The first-order valence-electron chi connectivity index (χ1n) is 10.4. The zero-order valence-electron chi connectivity index (χ0n) is 16.1. The number of benzene rings is 1. The van der Waals surface area contributed by atoms with Crippen molar-refractivity contribution in [2.45, 2.75) is 38.7 Å². The van der Waals surface area contributed by atoms with Gasteiger partial charge in [-0.05, 0) is 55.7 Å². The van der Waals surface area contributed by atoms with Crippen LogP contribution in [0.4, 0.5) is 5.69 Å². The molecule has 28 heavy (non-hydrogen) atoms. The number of amides is 2. The standard InChI is InChI=1S/C22H26N2O4/c1-12-5-7-24(8-6-12)21(26)13-3-2-4-15(9-13)23-20(25)18-14-10-16-17(11-14)28-22(27)19(16)18/h2-4,9,12,14,16-19H,5-8,10-11H2,1H3,(H,23,25)/t14-,16+,17+,18-,19+/m1/s1. The monoisotopic (exact) mass is 382 g/mol. The van der Waals surface area contributed by atoms with E-state index in [9.17, 15) is 14.4 Å². The highest BCUT2D eigenvalue weighted by Crippen LogP contribution is 2.57. The number of esters is 1. The molecule has 0 aromatic heterocycles. The molecule has 148 valence electrons. The summed E-state index contributed by atoms with van der Waals surface area (Å²) in [7, 11) is 0. The third-order valence-electron chi connectivity index (χ3n) is 7.23. The Morgan fingerprint density at radius 2 is 1.96 bits per heavy atom. The van der Waals surface area contributed by atoms with Crippen LogP contribution in [0.3, 0.4) is 0 Å². The van der Waals surface area contributed by atoms with Gasteiger partial charge in [0.2, 0.25) is 5.91 Å². The Kier molecular flexibility index (Phi) is 4.18. The molecule has 1 aromatic rings. The molecule has 5 atom stereocenters. The summed E-state index contributed by atoms with van der Waals surface area (Å²) in [6.07, 6.45) is 3.80. The summed E-state index contributed by atoms with van der Waals surface area (Å²) in [6, 6.07) is 7.15. The van der Waals surface area contributed by atoms with E-state index in [0.717, 1.165) is 38.8 Å². The largest absolute Gasteiger partial charge is 0.462 e. The maximum absolute atomic E-state index is 12.9. The van der Waals surface area contributed by atoms with Crippen molar-refractivity contribution in [1.82, 2.24) is 4.90 Å². The van der Waals surface area contributed by atoms with Gasteiger partial charge in [0.1, 0.15) is 6.10 Å². The molecule has 0 radical (unpaired) electrons. The lowest BCUT2D eigenvalue weighted by Gasteiger charge is -2.30. The van der Waals surface area contributed by atoms with E-state index in [1.165, 1.54) is 0 Å². The van der Waals surface area contributed by atoms with Gasteiger partial charge in [-0.1, -0.05) is 13.0 Å². The number of piperidine rings is 1. The van der Waals surface area contributed by atoms with Gasteiger partial charge in [-0.25, -0.2) is 0 Å². The van der Waals surface area contributed by atoms with Gasteiger partial charge in [0.25, 0.3) is 5.91 Å². The molecule has 2 bridgehead atoms. The fourth-order valence-corrected chi connectivity index (χ4v) is 5.71. The van der Waals surface area contributed by atoms with Crippen LogP contribution in [0, 0.1) is 29.6 Å². The Morgan fingerprint density at radius 3 is 2.75 bits per heavy atom. The summed E-state index contributed by atoms with van der Waals surface area (Å²) in [6.45, 7) is 3.79. The van der Waals surface area contributed by atoms with Crippen molar-refractivity contribution < 1.29 is 19.1 Å². The van der Waals surface area contributed by atoms with Crippen LogP contribution in [0.15, 0.2) is 24.3 Å². The lowest BCUT2D eigenvalue weighted by molar-refractivity contribution is -0.145. The smallest absolute Gasteiger partial charge is 0.310 e. The molecule has 1 aromatic carbocycles. The molecule has 5 rings (SSSR count). The fraction of sp³-hybridized carbons (Fsp3) is 0.591. The predicted molar refractivity (Wildman–Crippen MR) is 102 cm³/mol. The fourth-order valence-electron chi connectivity index (χ4n) is 5.71. The molecule has 6 nitrogen and oxygen atoms in total. The number of fused-ring (bicyclic) bond motifs is 1. The molecular weight excluding hydrogens is 356 g/mol. The van der Waals surface area contributed by atoms with Crippen molar-refractivity contribution in [3.05, 3.63) is 29.8 Å². The van der Waals surface area contributed by atoms with Crippen LogP contribution in [-0.2, 0) is 14.3 Å². The van der Waals surface area contributed by atoms with Crippen LogP contribution < -0.4 is 5.32 Å². The second-order valence-corrected chi connectivity index (χ2v) is 8.97. The highest BCUT2D eigenvalue weighted by atomic mass is 16.6. The summed E-state index contributed by atoms with van der Waals surface area (Å²) >= 11 is 0. The first kappa shape index (κ1) is 17.7. The number of nitrogens with one attached hydrogen (secondary N) is 1. The average Bonchev–Trinajstić information content (AvgIpc) is 3.31. The number of rotatable bonds is 3. The van der Waals surface area contributed by atoms with Gasteiger partial charge < -0.3 is 15.0 Å². The van der Waals surface area contributed by atoms with Crippen LogP contribution in [0.2, 0.25) is 0 Å². The molecule has 2 aliphatic heterocycles. The van der Waals surface area contributed by atoms with Crippen LogP contribution in [0.1, 0.15) is 43.0 Å². The Balaban J connectivity index is 1.29. The lowest BCUT2D eigenvalue weighted by Crippen LogP contribution is -2.38. The van der Waals surface area contributed by atoms with E-state index in [2.05, 4.69) is 12.2 Å². The normalized spacial score (nSPS) is 33.8. The minimum atomic E-state index is -0.306. The molecule has 0 unspecified atom stereocenters. The molecule has 0 spiro atoms. The maximum Gasteiger partial charge on any atom is 0.310 e. The number of carbonyl (C=O) groups is 3. The molecule has 2 aliphatic carbocycles. The Morgan fingerprint density at radius 1 is 1.18 bits per heavy atom. The van der Waals surface area contributed by atoms with E-state index in [4.69, 9.17) is 4.74 Å². The average molecular weight is 382 g/mol. The van der Waals surface area contributed by atoms with E-state index < -0.39 is 0 Å². The van der Waals surface area contributed by atoms with Gasteiger partial charge in [0.05, 0.1) is 11.8 Å². The lowest BCUT2D eigenvalue weighted by atomic mass is 9.79. The molecule has 2 amide bonds. The number of hydrogen-bond donors (Lipinski definition) is 1. The van der Waals surface area contributed by atoms with Crippen molar-refractivity contribution in [3.63, 3.8) is 0 Å². The van der Waals surface area contributed by atoms with E-state index in [0.29, 0.717) is 17.2 Å². The molecule has 2 saturated heterocycles. The van der Waals surface area contributed by atoms with Gasteiger partial charge in [-0.15, -0.1) is 0 Å². The van der Waals surface area contributed by atoms with E-state index in [1.807, 2.05) is 4.90 Å². The zero-order chi connectivity index (χ0) is 19.4. The summed E-state index contributed by atoms with van der Waals surface area (Å²) in [4.78, 5) is 39.8. The van der Waals surface area contributed by atoms with Crippen molar-refractivity contribution in [1.29, 1.82) is 0 Å². The van der Waals surface area contributed by atoms with Gasteiger partial charge in [0.15, 0.2) is 0 Å². The van der Waals surface area contributed by atoms with Crippen LogP contribution >= 0.6 is 0 Å². The van der Waals surface area contributed by atoms with Crippen molar-refractivity contribution in [3.8, 4) is 0 Å². The van der Waals surface area contributed by atoms with Crippen LogP contribution in [-0.4, -0.2) is 41.9 Å². The zero-order valence-corrected chi connectivity index (χ0v) is 16.1. The first-order chi connectivity index (χ1) is 13.5. The highest BCUT2D eigenvalue weighted by molar-refractivity contribution is 5.99. The Bertz CT molecular complexity index is 828. The second kappa shape index (κ2) is 6.61. The summed E-state index contributed by atoms with van der Waals surface area (Å²) in [5.41, 5.74) is 1.22. The number of nitrogens with zero attached hydrogens (tertiary/aromatic N) is 1. The number of ether oxygens (including phenoxy) is 1. The van der Waals surface area contributed by atoms with Crippen LogP contribution in [0.25, 0.3) is 0 Å². The molecule has 1 N–H and O–H groups in total. The van der Waals surface area contributed by atoms with Gasteiger partial charge in [-0.3, -0.25) is 14.4 Å². The van der Waals surface area contributed by atoms with Crippen molar-refractivity contribution in [2.75, 3.05) is 18.4 Å². The van der Waals surface area contributed by atoms with Gasteiger partial charge in [-0.2, -0.15) is 0 Å². The topological polar surface area (TPSA) is 75.7 Å². The quantitative estimate of drug-likeness (QED) is 0.816. The number of anilines is 1. The molecule has 2 saturated carbocycles. The maximum atomic E-state index is 12.9. The molecule has 4 fully saturated rings. The molecular formula is C22H26N2O4. The predicted octanol–water partition coefficient (Wildman–Crippen LogP) is 2.69. The van der Waals surface area contributed by atoms with E-state index >= 15 is 0 Å². The number of likely N-dealkylation sites (tertiary alicyclic amines) is 1. The molecule has 6 heteroatoms. The number of carbonyl (C=O) groups excluding carboxylic acids is 3.